The molecule has 2 aromatic carbocycles. The van der Waals surface area contributed by atoms with E-state index in [0.29, 0.717) is 60.9 Å². The standard InChI is InChI=1S/C34H40ClN3O6Si/c1-5-41-27(39)17-24-18-42-32-26(20-43-31(24)32)44-34-37-30-25(19-40-15-16-45(2,3)4)28(35)29(36-33(30)38-34)23-13-11-22(12-14-23)21-9-7-6-8-10-21/h6-14,24,26,31-32H,5,15-20H2,1-4H3,(H,36,37,38)/t24?,26-,31-,32-/m1/s1. The van der Waals surface area contributed by atoms with Gasteiger partial charge in [0.05, 0.1) is 55.2 Å². The Morgan fingerprint density at radius 3 is 2.42 bits per heavy atom. The number of ether oxygens (including phenoxy) is 5. The van der Waals surface area contributed by atoms with Crippen LogP contribution in [0.15, 0.2) is 54.6 Å². The minimum atomic E-state index is -1.27. The zero-order valence-corrected chi connectivity index (χ0v) is 27.9. The van der Waals surface area contributed by atoms with E-state index in [0.717, 1.165) is 28.3 Å². The van der Waals surface area contributed by atoms with Crippen molar-refractivity contribution in [3.8, 4) is 28.4 Å². The topological polar surface area (TPSA) is 105 Å². The molecule has 1 unspecified atom stereocenters. The highest BCUT2D eigenvalue weighted by molar-refractivity contribution is 6.76. The quantitative estimate of drug-likeness (QED) is 0.100. The first-order valence-electron chi connectivity index (χ1n) is 15.6. The molecular weight excluding hydrogens is 610 g/mol. The molecule has 4 atom stereocenters. The minimum absolute atomic E-state index is 0.0745. The second kappa shape index (κ2) is 13.6. The molecule has 2 aliphatic rings. The summed E-state index contributed by atoms with van der Waals surface area (Å²) in [5.74, 6) is -0.320. The zero-order valence-electron chi connectivity index (χ0n) is 26.2. The average Bonchev–Trinajstić information content (AvgIpc) is 3.73. The summed E-state index contributed by atoms with van der Waals surface area (Å²) in [7, 11) is -1.27. The van der Waals surface area contributed by atoms with Crippen molar-refractivity contribution in [2.45, 2.75) is 63.9 Å². The number of carbonyl (C=O) groups excluding carboxylic acids is 1. The summed E-state index contributed by atoms with van der Waals surface area (Å²) in [5, 5.41) is 0.517. The molecule has 6 rings (SSSR count). The Kier molecular flexibility index (Phi) is 9.58. The van der Waals surface area contributed by atoms with Crippen LogP contribution in [-0.2, 0) is 30.3 Å². The van der Waals surface area contributed by atoms with E-state index in [2.05, 4.69) is 48.9 Å². The van der Waals surface area contributed by atoms with Gasteiger partial charge in [0.25, 0.3) is 6.01 Å². The highest BCUT2D eigenvalue weighted by atomic mass is 35.5. The number of nitrogens with one attached hydrogen (secondary N) is 1. The number of carbonyl (C=O) groups is 1. The lowest BCUT2D eigenvalue weighted by molar-refractivity contribution is -0.145. The predicted octanol–water partition coefficient (Wildman–Crippen LogP) is 6.91. The fourth-order valence-corrected chi connectivity index (χ4v) is 6.88. The van der Waals surface area contributed by atoms with Crippen LogP contribution in [0.25, 0.3) is 33.5 Å². The van der Waals surface area contributed by atoms with Gasteiger partial charge in [-0.2, -0.15) is 4.98 Å². The maximum Gasteiger partial charge on any atom is 0.306 e. The van der Waals surface area contributed by atoms with Gasteiger partial charge in [-0.05, 0) is 24.1 Å². The molecule has 0 saturated carbocycles. The normalized spacial score (nSPS) is 21.3. The maximum absolute atomic E-state index is 12.1. The highest BCUT2D eigenvalue weighted by Crippen LogP contribution is 2.38. The third-order valence-corrected chi connectivity index (χ3v) is 10.4. The lowest BCUT2D eigenvalue weighted by Crippen LogP contribution is -2.34. The van der Waals surface area contributed by atoms with Crippen molar-refractivity contribution in [3.05, 3.63) is 65.2 Å². The Balaban J connectivity index is 1.26. The summed E-state index contributed by atoms with van der Waals surface area (Å²) in [6, 6.07) is 19.8. The Morgan fingerprint density at radius 1 is 0.978 bits per heavy atom. The van der Waals surface area contributed by atoms with Gasteiger partial charge in [0.1, 0.15) is 6.10 Å². The van der Waals surface area contributed by atoms with Crippen molar-refractivity contribution in [3.63, 3.8) is 0 Å². The molecule has 0 bridgehead atoms. The number of hydrogen-bond donors (Lipinski definition) is 1. The van der Waals surface area contributed by atoms with Gasteiger partial charge >= 0.3 is 5.97 Å². The Morgan fingerprint density at radius 2 is 1.69 bits per heavy atom. The van der Waals surface area contributed by atoms with Gasteiger partial charge in [-0.1, -0.05) is 85.8 Å². The van der Waals surface area contributed by atoms with E-state index < -0.39 is 8.07 Å². The first-order valence-corrected chi connectivity index (χ1v) is 19.7. The molecule has 2 aromatic heterocycles. The largest absolute Gasteiger partial charge is 0.466 e. The zero-order chi connectivity index (χ0) is 31.6. The molecular formula is C34H40ClN3O6Si. The second-order valence-corrected chi connectivity index (χ2v) is 18.8. The van der Waals surface area contributed by atoms with Crippen molar-refractivity contribution in [2.75, 3.05) is 26.4 Å². The van der Waals surface area contributed by atoms with Crippen LogP contribution in [0.1, 0.15) is 18.9 Å². The van der Waals surface area contributed by atoms with E-state index in [9.17, 15) is 4.79 Å². The third kappa shape index (κ3) is 7.26. The number of rotatable bonds is 12. The number of benzene rings is 2. The molecule has 2 aliphatic heterocycles. The van der Waals surface area contributed by atoms with Crippen LogP contribution in [0.5, 0.6) is 6.01 Å². The lowest BCUT2D eigenvalue weighted by Gasteiger charge is -2.16. The monoisotopic (exact) mass is 649 g/mol. The Bertz CT molecular complexity index is 1630. The van der Waals surface area contributed by atoms with E-state index in [1.54, 1.807) is 6.92 Å². The number of pyridine rings is 1. The van der Waals surface area contributed by atoms with Gasteiger partial charge in [-0.3, -0.25) is 4.79 Å². The van der Waals surface area contributed by atoms with Crippen molar-refractivity contribution < 1.29 is 28.5 Å². The van der Waals surface area contributed by atoms with Crippen molar-refractivity contribution in [1.82, 2.24) is 15.0 Å². The first kappa shape index (κ1) is 31.7. The van der Waals surface area contributed by atoms with Gasteiger partial charge in [0, 0.05) is 31.7 Å². The van der Waals surface area contributed by atoms with Gasteiger partial charge in [0.2, 0.25) is 0 Å². The van der Waals surface area contributed by atoms with Crippen molar-refractivity contribution in [2.24, 2.45) is 5.92 Å². The maximum atomic E-state index is 12.1. The van der Waals surface area contributed by atoms with E-state index in [4.69, 9.17) is 45.3 Å². The molecule has 238 valence electrons. The van der Waals surface area contributed by atoms with Gasteiger partial charge < -0.3 is 28.7 Å². The van der Waals surface area contributed by atoms with E-state index in [-0.39, 0.29) is 36.6 Å². The average molecular weight is 650 g/mol. The summed E-state index contributed by atoms with van der Waals surface area (Å²) in [5.41, 5.74) is 5.72. The van der Waals surface area contributed by atoms with E-state index >= 15 is 0 Å². The molecule has 0 spiro atoms. The summed E-state index contributed by atoms with van der Waals surface area (Å²) in [4.78, 5) is 25.0. The van der Waals surface area contributed by atoms with Crippen LogP contribution >= 0.6 is 11.6 Å². The molecule has 0 aliphatic carbocycles. The van der Waals surface area contributed by atoms with Gasteiger partial charge in [-0.15, -0.1) is 0 Å². The molecule has 4 heterocycles. The smallest absolute Gasteiger partial charge is 0.306 e. The molecule has 45 heavy (non-hydrogen) atoms. The number of aromatic nitrogens is 3. The first-order chi connectivity index (χ1) is 21.7. The number of H-pyrrole nitrogens is 1. The Labute approximate surface area is 269 Å². The molecule has 2 saturated heterocycles. The highest BCUT2D eigenvalue weighted by Gasteiger charge is 2.49. The summed E-state index contributed by atoms with van der Waals surface area (Å²) < 4.78 is 29.7. The van der Waals surface area contributed by atoms with Crippen LogP contribution in [0, 0.1) is 5.92 Å². The molecule has 9 nitrogen and oxygen atoms in total. The lowest BCUT2D eigenvalue weighted by atomic mass is 9.98. The van der Waals surface area contributed by atoms with Crippen LogP contribution in [0.4, 0.5) is 0 Å². The molecule has 1 N–H and O–H groups in total. The van der Waals surface area contributed by atoms with E-state index in [1.165, 1.54) is 0 Å². The van der Waals surface area contributed by atoms with Crippen molar-refractivity contribution in [1.29, 1.82) is 0 Å². The van der Waals surface area contributed by atoms with Gasteiger partial charge in [0.15, 0.2) is 11.8 Å². The molecule has 0 radical (unpaired) electrons. The number of imidazole rings is 1. The fraction of sp³-hybridized carbons (Fsp3) is 0.441. The number of nitrogens with zero attached hydrogens (tertiary/aromatic N) is 2. The summed E-state index contributed by atoms with van der Waals surface area (Å²) in [6.45, 7) is 10.8. The fourth-order valence-electron chi connectivity index (χ4n) is 5.82. The predicted molar refractivity (Wildman–Crippen MR) is 176 cm³/mol. The Hall–Kier alpha value is -3.28. The number of halogens is 1. The van der Waals surface area contributed by atoms with Crippen LogP contribution in [0.3, 0.4) is 0 Å². The minimum Gasteiger partial charge on any atom is -0.466 e. The number of esters is 1. The number of hydrogen-bond acceptors (Lipinski definition) is 8. The molecule has 11 heteroatoms. The molecule has 0 amide bonds. The molecule has 4 aromatic rings. The van der Waals surface area contributed by atoms with Crippen LogP contribution < -0.4 is 4.74 Å². The summed E-state index contributed by atoms with van der Waals surface area (Å²) in [6.07, 6.45) is -0.681. The van der Waals surface area contributed by atoms with E-state index in [1.807, 2.05) is 30.3 Å². The number of aromatic amines is 1. The van der Waals surface area contributed by atoms with Crippen molar-refractivity contribution >= 4 is 36.8 Å². The second-order valence-electron chi connectivity index (χ2n) is 12.8. The van der Waals surface area contributed by atoms with Crippen LogP contribution in [0.2, 0.25) is 30.7 Å². The third-order valence-electron chi connectivity index (χ3n) is 8.27. The van der Waals surface area contributed by atoms with Crippen LogP contribution in [-0.4, -0.2) is 73.7 Å². The summed E-state index contributed by atoms with van der Waals surface area (Å²) >= 11 is 7.08. The molecule has 2 fully saturated rings. The van der Waals surface area contributed by atoms with Gasteiger partial charge in [-0.25, -0.2) is 4.98 Å². The number of fused-ring (bicyclic) bond motifs is 2. The SMILES string of the molecule is CCOC(=O)CC1CO[C@H]2[C@@H]1OC[C@H]2Oc1nc2nc(-c3ccc(-c4ccccc4)cc3)c(Cl)c(COCC[Si](C)(C)C)c2[nH]1.